The van der Waals surface area contributed by atoms with E-state index in [0.717, 1.165) is 24.8 Å². The summed E-state index contributed by atoms with van der Waals surface area (Å²) in [6.45, 7) is 2.51. The minimum atomic E-state index is -0.615. The molecular formula is C22H24ClNO3. The van der Waals surface area contributed by atoms with Crippen molar-refractivity contribution in [1.82, 2.24) is 0 Å². The number of halogens is 1. The van der Waals surface area contributed by atoms with Crippen molar-refractivity contribution in [2.75, 3.05) is 6.61 Å². The van der Waals surface area contributed by atoms with Crippen molar-refractivity contribution >= 4 is 23.6 Å². The van der Waals surface area contributed by atoms with Gasteiger partial charge in [-0.2, -0.15) is 5.26 Å². The van der Waals surface area contributed by atoms with Gasteiger partial charge in [-0.25, -0.2) is 4.79 Å². The van der Waals surface area contributed by atoms with E-state index >= 15 is 0 Å². The van der Waals surface area contributed by atoms with Crippen molar-refractivity contribution in [1.29, 1.82) is 5.26 Å². The number of esters is 1. The molecule has 0 bridgehead atoms. The summed E-state index contributed by atoms with van der Waals surface area (Å²) in [6.07, 6.45) is 8.05. The first kappa shape index (κ1) is 20.8. The number of benzene rings is 1. The monoisotopic (exact) mass is 385 g/mol. The lowest BCUT2D eigenvalue weighted by atomic mass is 10.1. The van der Waals surface area contributed by atoms with Crippen LogP contribution in [-0.2, 0) is 9.53 Å². The minimum Gasteiger partial charge on any atom is -0.462 e. The van der Waals surface area contributed by atoms with Crippen LogP contribution in [0.15, 0.2) is 46.4 Å². The summed E-state index contributed by atoms with van der Waals surface area (Å²) >= 11 is 5.88. The van der Waals surface area contributed by atoms with Gasteiger partial charge in [0.1, 0.15) is 23.2 Å². The molecule has 0 saturated heterocycles. The van der Waals surface area contributed by atoms with E-state index in [4.69, 9.17) is 20.8 Å². The maximum Gasteiger partial charge on any atom is 0.349 e. The molecule has 27 heavy (non-hydrogen) atoms. The van der Waals surface area contributed by atoms with Crippen LogP contribution >= 0.6 is 11.6 Å². The van der Waals surface area contributed by atoms with Gasteiger partial charge in [-0.3, -0.25) is 0 Å². The topological polar surface area (TPSA) is 63.2 Å². The van der Waals surface area contributed by atoms with Gasteiger partial charge in [-0.05, 0) is 42.8 Å². The lowest BCUT2D eigenvalue weighted by Gasteiger charge is -2.03. The number of nitrogens with zero attached hydrogens (tertiary/aromatic N) is 1. The Bertz CT molecular complexity index is 800. The number of unbranched alkanes of at least 4 members (excludes halogenated alkanes) is 5. The average Bonchev–Trinajstić information content (AvgIpc) is 3.14. The van der Waals surface area contributed by atoms with E-state index in [1.165, 1.54) is 25.3 Å². The molecule has 5 heteroatoms. The summed E-state index contributed by atoms with van der Waals surface area (Å²) in [4.78, 5) is 12.1. The molecule has 2 rings (SSSR count). The predicted molar refractivity (Wildman–Crippen MR) is 107 cm³/mol. The van der Waals surface area contributed by atoms with Crippen molar-refractivity contribution in [3.63, 3.8) is 0 Å². The fourth-order valence-electron chi connectivity index (χ4n) is 2.60. The molecular weight excluding hydrogens is 362 g/mol. The van der Waals surface area contributed by atoms with Crippen LogP contribution in [0, 0.1) is 11.3 Å². The molecule has 0 atom stereocenters. The van der Waals surface area contributed by atoms with Crippen molar-refractivity contribution in [3.05, 3.63) is 52.8 Å². The summed E-state index contributed by atoms with van der Waals surface area (Å²) in [5.41, 5.74) is 0.793. The lowest BCUT2D eigenvalue weighted by Crippen LogP contribution is -2.07. The van der Waals surface area contributed by atoms with E-state index in [1.807, 2.05) is 18.2 Å². The zero-order valence-corrected chi connectivity index (χ0v) is 16.3. The molecule has 0 unspecified atom stereocenters. The van der Waals surface area contributed by atoms with E-state index in [1.54, 1.807) is 24.3 Å². The molecule has 0 saturated carbocycles. The Balaban J connectivity index is 1.89. The van der Waals surface area contributed by atoms with Crippen LogP contribution in [0.4, 0.5) is 0 Å². The third kappa shape index (κ3) is 6.96. The third-order valence-corrected chi connectivity index (χ3v) is 4.37. The lowest BCUT2D eigenvalue weighted by molar-refractivity contribution is -0.138. The predicted octanol–water partition coefficient (Wildman–Crippen LogP) is 6.41. The molecule has 142 valence electrons. The van der Waals surface area contributed by atoms with Gasteiger partial charge in [0.05, 0.1) is 6.61 Å². The smallest absolute Gasteiger partial charge is 0.349 e. The summed E-state index contributed by atoms with van der Waals surface area (Å²) in [6, 6.07) is 12.6. The van der Waals surface area contributed by atoms with Gasteiger partial charge in [0.2, 0.25) is 0 Å². The summed E-state index contributed by atoms with van der Waals surface area (Å²) < 4.78 is 10.9. The van der Waals surface area contributed by atoms with Gasteiger partial charge in [0.15, 0.2) is 0 Å². The zero-order chi connectivity index (χ0) is 19.5. The Kier molecular flexibility index (Phi) is 8.67. The van der Waals surface area contributed by atoms with Crippen LogP contribution in [0.3, 0.4) is 0 Å². The Hall–Kier alpha value is -2.51. The second-order valence-corrected chi connectivity index (χ2v) is 6.72. The van der Waals surface area contributed by atoms with E-state index in [0.29, 0.717) is 23.2 Å². The molecule has 0 aliphatic rings. The Morgan fingerprint density at radius 3 is 2.52 bits per heavy atom. The number of hydrogen-bond acceptors (Lipinski definition) is 4. The zero-order valence-electron chi connectivity index (χ0n) is 15.5. The fraction of sp³-hybridized carbons (Fsp3) is 0.364. The number of ether oxygens (including phenoxy) is 1. The maximum atomic E-state index is 12.1. The molecule has 0 amide bonds. The molecule has 0 spiro atoms. The van der Waals surface area contributed by atoms with E-state index in [9.17, 15) is 10.1 Å². The molecule has 0 aliphatic carbocycles. The molecule has 1 aromatic carbocycles. The largest absolute Gasteiger partial charge is 0.462 e. The van der Waals surface area contributed by atoms with Gasteiger partial charge in [0, 0.05) is 16.7 Å². The number of furan rings is 1. The highest BCUT2D eigenvalue weighted by molar-refractivity contribution is 6.30. The standard InChI is InChI=1S/C22H24ClNO3/c1-2-3-4-5-6-7-14-26-22(25)18(16-24)15-20-12-13-21(27-20)17-8-10-19(23)11-9-17/h8-13,15H,2-7,14H2,1H3. The second-order valence-electron chi connectivity index (χ2n) is 6.28. The van der Waals surface area contributed by atoms with Crippen molar-refractivity contribution in [2.24, 2.45) is 0 Å². The Labute approximate surface area is 165 Å². The molecule has 1 aromatic heterocycles. The van der Waals surface area contributed by atoms with Crippen LogP contribution in [0.5, 0.6) is 0 Å². The van der Waals surface area contributed by atoms with Gasteiger partial charge in [-0.15, -0.1) is 0 Å². The van der Waals surface area contributed by atoms with Crippen LogP contribution in [0.1, 0.15) is 51.2 Å². The molecule has 0 fully saturated rings. The first-order valence-corrected chi connectivity index (χ1v) is 9.66. The highest BCUT2D eigenvalue weighted by Gasteiger charge is 2.12. The molecule has 0 radical (unpaired) electrons. The van der Waals surface area contributed by atoms with Crippen LogP contribution in [0.2, 0.25) is 5.02 Å². The molecule has 4 nitrogen and oxygen atoms in total. The van der Waals surface area contributed by atoms with Crippen molar-refractivity contribution in [3.8, 4) is 17.4 Å². The van der Waals surface area contributed by atoms with Crippen LogP contribution < -0.4 is 0 Å². The summed E-state index contributed by atoms with van der Waals surface area (Å²) in [5, 5.41) is 9.88. The SMILES string of the molecule is CCCCCCCCOC(=O)C(C#N)=Cc1ccc(-c2ccc(Cl)cc2)o1. The number of carbonyl (C=O) groups excluding carboxylic acids is 1. The van der Waals surface area contributed by atoms with Crippen LogP contribution in [0.25, 0.3) is 17.4 Å². The summed E-state index contributed by atoms with van der Waals surface area (Å²) in [7, 11) is 0. The maximum absolute atomic E-state index is 12.1. The quantitative estimate of drug-likeness (QED) is 0.205. The Morgan fingerprint density at radius 1 is 1.11 bits per heavy atom. The first-order valence-electron chi connectivity index (χ1n) is 9.28. The number of carbonyl (C=O) groups is 1. The molecule has 1 heterocycles. The highest BCUT2D eigenvalue weighted by Crippen LogP contribution is 2.25. The highest BCUT2D eigenvalue weighted by atomic mass is 35.5. The van der Waals surface area contributed by atoms with E-state index in [2.05, 4.69) is 6.92 Å². The van der Waals surface area contributed by atoms with Crippen molar-refractivity contribution < 1.29 is 13.9 Å². The van der Waals surface area contributed by atoms with E-state index < -0.39 is 5.97 Å². The van der Waals surface area contributed by atoms with Crippen molar-refractivity contribution in [2.45, 2.75) is 45.4 Å². The molecule has 0 N–H and O–H groups in total. The molecule has 2 aromatic rings. The average molecular weight is 386 g/mol. The summed E-state index contributed by atoms with van der Waals surface area (Å²) in [5.74, 6) is 0.444. The Morgan fingerprint density at radius 2 is 1.81 bits per heavy atom. The minimum absolute atomic E-state index is 0.0713. The second kappa shape index (κ2) is 11.3. The third-order valence-electron chi connectivity index (χ3n) is 4.11. The van der Waals surface area contributed by atoms with Gasteiger partial charge in [-0.1, -0.05) is 50.6 Å². The van der Waals surface area contributed by atoms with Gasteiger partial charge >= 0.3 is 5.97 Å². The first-order chi connectivity index (χ1) is 13.1. The molecule has 0 aliphatic heterocycles. The normalized spacial score (nSPS) is 11.2. The number of hydrogen-bond donors (Lipinski definition) is 0. The number of nitriles is 1. The van der Waals surface area contributed by atoms with Crippen LogP contribution in [-0.4, -0.2) is 12.6 Å². The van der Waals surface area contributed by atoms with Gasteiger partial charge in [0.25, 0.3) is 0 Å². The van der Waals surface area contributed by atoms with Gasteiger partial charge < -0.3 is 9.15 Å². The number of rotatable bonds is 10. The fourth-order valence-corrected chi connectivity index (χ4v) is 2.73. The van der Waals surface area contributed by atoms with E-state index in [-0.39, 0.29) is 5.57 Å².